The van der Waals surface area contributed by atoms with E-state index in [0.717, 1.165) is 31.2 Å². The summed E-state index contributed by atoms with van der Waals surface area (Å²) in [6.45, 7) is 0. The second-order valence-electron chi connectivity index (χ2n) is 5.31. The van der Waals surface area contributed by atoms with Gasteiger partial charge in [-0.15, -0.1) is 0 Å². The Labute approximate surface area is 124 Å². The molecule has 0 aromatic heterocycles. The number of nitrogens with two attached hydrogens (primary N) is 1. The van der Waals surface area contributed by atoms with Crippen LogP contribution < -0.4 is 15.8 Å². The van der Waals surface area contributed by atoms with E-state index in [2.05, 4.69) is 5.32 Å². The first kappa shape index (κ1) is 15.1. The minimum absolute atomic E-state index is 0.00559. The van der Waals surface area contributed by atoms with Crippen LogP contribution in [0, 0.1) is 0 Å². The van der Waals surface area contributed by atoms with Crippen LogP contribution in [-0.2, 0) is 11.2 Å². The lowest BCUT2D eigenvalue weighted by molar-refractivity contribution is -0.121. The molecule has 0 saturated heterocycles. The van der Waals surface area contributed by atoms with Gasteiger partial charge in [0.25, 0.3) is 0 Å². The first-order valence-electron chi connectivity index (χ1n) is 6.96. The van der Waals surface area contributed by atoms with Gasteiger partial charge in [0.1, 0.15) is 5.75 Å². The Balaban J connectivity index is 1.92. The summed E-state index contributed by atoms with van der Waals surface area (Å²) in [4.78, 5) is 12.1. The average Bonchev–Trinajstić information content (AvgIpc) is 2.41. The van der Waals surface area contributed by atoms with Crippen molar-refractivity contribution < 1.29 is 9.53 Å². The van der Waals surface area contributed by atoms with Crippen LogP contribution in [0.5, 0.6) is 5.75 Å². The molecular weight excluding hydrogens is 276 g/mol. The molecule has 3 N–H and O–H groups in total. The minimum Gasteiger partial charge on any atom is -0.496 e. The van der Waals surface area contributed by atoms with Crippen LogP contribution in [-0.4, -0.2) is 25.1 Å². The van der Waals surface area contributed by atoms with Gasteiger partial charge in [-0.2, -0.15) is 0 Å². The average molecular weight is 297 g/mol. The summed E-state index contributed by atoms with van der Waals surface area (Å²) < 4.78 is 5.25. The van der Waals surface area contributed by atoms with Crippen molar-refractivity contribution in [2.45, 2.75) is 44.2 Å². The lowest BCUT2D eigenvalue weighted by Crippen LogP contribution is -2.41. The number of halogens is 1. The zero-order valence-corrected chi connectivity index (χ0v) is 12.5. The molecule has 1 saturated carbocycles. The van der Waals surface area contributed by atoms with Gasteiger partial charge in [-0.05, 0) is 43.9 Å². The van der Waals surface area contributed by atoms with E-state index in [1.54, 1.807) is 25.3 Å². The van der Waals surface area contributed by atoms with Crippen LogP contribution in [0.3, 0.4) is 0 Å². The Morgan fingerprint density at radius 2 is 2.10 bits per heavy atom. The van der Waals surface area contributed by atoms with Crippen molar-refractivity contribution in [2.75, 3.05) is 7.11 Å². The standard InChI is InChI=1S/C15H21ClN2O2/c1-20-14-7-2-11(16)8-10(14)9-15(19)18-13-5-3-12(17)4-6-13/h2,7-8,12-13H,3-6,9,17H2,1H3,(H,18,19). The van der Waals surface area contributed by atoms with Gasteiger partial charge in [-0.25, -0.2) is 0 Å². The Morgan fingerprint density at radius 3 is 2.75 bits per heavy atom. The van der Waals surface area contributed by atoms with Gasteiger partial charge in [-0.1, -0.05) is 11.6 Å². The van der Waals surface area contributed by atoms with Gasteiger partial charge >= 0.3 is 0 Å². The van der Waals surface area contributed by atoms with Crippen LogP contribution in [0.1, 0.15) is 31.2 Å². The fourth-order valence-corrected chi connectivity index (χ4v) is 2.80. The van der Waals surface area contributed by atoms with Crippen molar-refractivity contribution >= 4 is 17.5 Å². The Kier molecular flexibility index (Phi) is 5.26. The first-order chi connectivity index (χ1) is 9.58. The summed E-state index contributed by atoms with van der Waals surface area (Å²) in [5.74, 6) is 0.696. The molecule has 1 amide bonds. The van der Waals surface area contributed by atoms with Crippen molar-refractivity contribution in [1.82, 2.24) is 5.32 Å². The fraction of sp³-hybridized carbons (Fsp3) is 0.533. The molecule has 0 unspecified atom stereocenters. The number of methoxy groups -OCH3 is 1. The second-order valence-corrected chi connectivity index (χ2v) is 5.75. The summed E-state index contributed by atoms with van der Waals surface area (Å²) in [6.07, 6.45) is 4.16. The minimum atomic E-state index is 0.00559. The summed E-state index contributed by atoms with van der Waals surface area (Å²) in [5, 5.41) is 3.67. The second kappa shape index (κ2) is 6.95. The molecule has 2 rings (SSSR count). The van der Waals surface area contributed by atoms with Gasteiger partial charge in [0.15, 0.2) is 0 Å². The quantitative estimate of drug-likeness (QED) is 0.896. The van der Waals surface area contributed by atoms with E-state index >= 15 is 0 Å². The molecule has 0 aliphatic heterocycles. The van der Waals surface area contributed by atoms with Gasteiger partial charge < -0.3 is 15.8 Å². The summed E-state index contributed by atoms with van der Waals surface area (Å²) in [6, 6.07) is 5.84. The summed E-state index contributed by atoms with van der Waals surface area (Å²) in [7, 11) is 1.59. The lowest BCUT2D eigenvalue weighted by atomic mass is 9.91. The number of benzene rings is 1. The first-order valence-corrected chi connectivity index (χ1v) is 7.33. The van der Waals surface area contributed by atoms with Gasteiger partial charge in [-0.3, -0.25) is 4.79 Å². The van der Waals surface area contributed by atoms with Crippen molar-refractivity contribution in [2.24, 2.45) is 5.73 Å². The normalized spacial score (nSPS) is 22.4. The Morgan fingerprint density at radius 1 is 1.40 bits per heavy atom. The lowest BCUT2D eigenvalue weighted by Gasteiger charge is -2.26. The smallest absolute Gasteiger partial charge is 0.224 e. The number of hydrogen-bond acceptors (Lipinski definition) is 3. The molecule has 20 heavy (non-hydrogen) atoms. The van der Waals surface area contributed by atoms with Crippen molar-refractivity contribution in [3.8, 4) is 5.75 Å². The predicted molar refractivity (Wildman–Crippen MR) is 80.1 cm³/mol. The molecule has 1 aromatic carbocycles. The van der Waals surface area contributed by atoms with Crippen LogP contribution in [0.2, 0.25) is 5.02 Å². The molecule has 1 aliphatic carbocycles. The monoisotopic (exact) mass is 296 g/mol. The van der Waals surface area contributed by atoms with E-state index in [4.69, 9.17) is 22.1 Å². The largest absolute Gasteiger partial charge is 0.496 e. The molecule has 1 aliphatic rings. The van der Waals surface area contributed by atoms with E-state index in [9.17, 15) is 4.79 Å². The molecule has 0 bridgehead atoms. The van der Waals surface area contributed by atoms with Crippen LogP contribution in [0.15, 0.2) is 18.2 Å². The van der Waals surface area contributed by atoms with Gasteiger partial charge in [0.2, 0.25) is 5.91 Å². The molecule has 4 nitrogen and oxygen atoms in total. The molecule has 0 heterocycles. The van der Waals surface area contributed by atoms with Crippen LogP contribution >= 0.6 is 11.6 Å². The summed E-state index contributed by atoms with van der Waals surface area (Å²) in [5.41, 5.74) is 6.67. The molecule has 110 valence electrons. The fourth-order valence-electron chi connectivity index (χ4n) is 2.60. The van der Waals surface area contributed by atoms with E-state index in [0.29, 0.717) is 10.8 Å². The third-order valence-corrected chi connectivity index (χ3v) is 3.97. The molecule has 0 atom stereocenters. The number of carbonyl (C=O) groups excluding carboxylic acids is 1. The van der Waals surface area contributed by atoms with E-state index in [-0.39, 0.29) is 24.4 Å². The van der Waals surface area contributed by atoms with E-state index in [1.807, 2.05) is 0 Å². The number of carbonyl (C=O) groups is 1. The third-order valence-electron chi connectivity index (χ3n) is 3.73. The highest BCUT2D eigenvalue weighted by Crippen LogP contribution is 2.23. The van der Waals surface area contributed by atoms with Crippen molar-refractivity contribution in [3.63, 3.8) is 0 Å². The maximum absolute atomic E-state index is 12.1. The zero-order valence-electron chi connectivity index (χ0n) is 11.7. The van der Waals surface area contributed by atoms with Gasteiger partial charge in [0, 0.05) is 22.7 Å². The molecule has 5 heteroatoms. The number of hydrogen-bond donors (Lipinski definition) is 2. The highest BCUT2D eigenvalue weighted by molar-refractivity contribution is 6.30. The summed E-state index contributed by atoms with van der Waals surface area (Å²) >= 11 is 5.96. The third kappa shape index (κ3) is 4.12. The maximum Gasteiger partial charge on any atom is 0.224 e. The SMILES string of the molecule is COc1ccc(Cl)cc1CC(=O)NC1CCC(N)CC1. The van der Waals surface area contributed by atoms with Crippen LogP contribution in [0.25, 0.3) is 0 Å². The molecule has 0 spiro atoms. The van der Waals surface area contributed by atoms with Crippen molar-refractivity contribution in [1.29, 1.82) is 0 Å². The van der Waals surface area contributed by atoms with E-state index in [1.165, 1.54) is 0 Å². The topological polar surface area (TPSA) is 64.3 Å². The Bertz CT molecular complexity index is 471. The van der Waals surface area contributed by atoms with E-state index < -0.39 is 0 Å². The molecule has 0 radical (unpaired) electrons. The zero-order chi connectivity index (χ0) is 14.5. The van der Waals surface area contributed by atoms with Crippen LogP contribution in [0.4, 0.5) is 0 Å². The highest BCUT2D eigenvalue weighted by Gasteiger charge is 2.20. The molecule has 1 fully saturated rings. The number of amides is 1. The highest BCUT2D eigenvalue weighted by atomic mass is 35.5. The van der Waals surface area contributed by atoms with Gasteiger partial charge in [0.05, 0.1) is 13.5 Å². The number of ether oxygens (including phenoxy) is 1. The Hall–Kier alpha value is -1.26. The predicted octanol–water partition coefficient (Wildman–Crippen LogP) is 2.28. The maximum atomic E-state index is 12.1. The number of rotatable bonds is 4. The molecule has 1 aromatic rings. The number of nitrogens with one attached hydrogen (secondary N) is 1. The molecular formula is C15H21ClN2O2. The van der Waals surface area contributed by atoms with Crippen molar-refractivity contribution in [3.05, 3.63) is 28.8 Å².